The van der Waals surface area contributed by atoms with Crippen molar-refractivity contribution in [3.63, 3.8) is 0 Å². The molecule has 0 aliphatic heterocycles. The number of para-hydroxylation sites is 4. The van der Waals surface area contributed by atoms with E-state index in [4.69, 9.17) is 15.0 Å². The SMILES string of the molecule is c1ccc(-c2ccc3c4ccccc4n(-c4nc(-c5ccccc5)nc(-c5cccc(-c6ccccc6N(c6ccccc6)c6ccccc6)c5)n4)c3c2)cc1. The average molecular weight is 718 g/mol. The number of hydrogen-bond donors (Lipinski definition) is 0. The van der Waals surface area contributed by atoms with Crippen molar-refractivity contribution >= 4 is 38.9 Å². The second kappa shape index (κ2) is 14.3. The fourth-order valence-electron chi connectivity index (χ4n) is 7.63. The zero-order valence-electron chi connectivity index (χ0n) is 30.4. The molecule has 10 rings (SSSR count). The van der Waals surface area contributed by atoms with E-state index in [9.17, 15) is 0 Å². The molecule has 0 aliphatic rings. The largest absolute Gasteiger partial charge is 0.310 e. The van der Waals surface area contributed by atoms with E-state index in [1.807, 2.05) is 24.3 Å². The molecule has 0 radical (unpaired) electrons. The van der Waals surface area contributed by atoms with Crippen LogP contribution in [0.2, 0.25) is 0 Å². The molecule has 0 atom stereocenters. The van der Waals surface area contributed by atoms with Crippen molar-refractivity contribution in [3.05, 3.63) is 212 Å². The number of rotatable bonds is 8. The van der Waals surface area contributed by atoms with Gasteiger partial charge >= 0.3 is 0 Å². The van der Waals surface area contributed by atoms with Gasteiger partial charge in [-0.25, -0.2) is 4.98 Å². The molecule has 264 valence electrons. The lowest BCUT2D eigenvalue weighted by molar-refractivity contribution is 0.953. The molecule has 0 amide bonds. The topological polar surface area (TPSA) is 46.8 Å². The Kier molecular flexibility index (Phi) is 8.43. The van der Waals surface area contributed by atoms with E-state index in [0.717, 1.165) is 72.2 Å². The van der Waals surface area contributed by atoms with Gasteiger partial charge in [-0.15, -0.1) is 0 Å². The van der Waals surface area contributed by atoms with Crippen LogP contribution in [0.1, 0.15) is 0 Å². The first-order valence-corrected chi connectivity index (χ1v) is 18.8. The summed E-state index contributed by atoms with van der Waals surface area (Å²) in [4.78, 5) is 17.9. The molecule has 8 aromatic carbocycles. The lowest BCUT2D eigenvalue weighted by Crippen LogP contribution is -2.11. The van der Waals surface area contributed by atoms with Crippen molar-refractivity contribution in [1.29, 1.82) is 0 Å². The molecule has 5 nitrogen and oxygen atoms in total. The average Bonchev–Trinajstić information content (AvgIpc) is 3.62. The van der Waals surface area contributed by atoms with Crippen molar-refractivity contribution in [2.24, 2.45) is 0 Å². The van der Waals surface area contributed by atoms with Gasteiger partial charge in [0.15, 0.2) is 11.6 Å². The highest BCUT2D eigenvalue weighted by Gasteiger charge is 2.20. The van der Waals surface area contributed by atoms with Gasteiger partial charge in [0, 0.05) is 38.8 Å². The van der Waals surface area contributed by atoms with Gasteiger partial charge in [-0.2, -0.15) is 9.97 Å². The van der Waals surface area contributed by atoms with E-state index >= 15 is 0 Å². The summed E-state index contributed by atoms with van der Waals surface area (Å²) in [7, 11) is 0. The van der Waals surface area contributed by atoms with Crippen LogP contribution in [0.25, 0.3) is 72.8 Å². The Morgan fingerprint density at radius 1 is 0.339 bits per heavy atom. The second-order valence-corrected chi connectivity index (χ2v) is 13.7. The van der Waals surface area contributed by atoms with Crippen LogP contribution in [-0.4, -0.2) is 19.5 Å². The fourth-order valence-corrected chi connectivity index (χ4v) is 7.63. The van der Waals surface area contributed by atoms with Crippen LogP contribution in [0.15, 0.2) is 212 Å². The summed E-state index contributed by atoms with van der Waals surface area (Å²) in [6.45, 7) is 0. The van der Waals surface area contributed by atoms with Crippen LogP contribution in [0.5, 0.6) is 0 Å². The van der Waals surface area contributed by atoms with Gasteiger partial charge in [0.2, 0.25) is 5.95 Å². The van der Waals surface area contributed by atoms with E-state index in [2.05, 4.69) is 198 Å². The zero-order chi connectivity index (χ0) is 37.3. The minimum absolute atomic E-state index is 0.565. The molecule has 5 heteroatoms. The Morgan fingerprint density at radius 2 is 0.875 bits per heavy atom. The van der Waals surface area contributed by atoms with Crippen LogP contribution in [0, 0.1) is 0 Å². The van der Waals surface area contributed by atoms with Gasteiger partial charge < -0.3 is 4.90 Å². The third-order valence-electron chi connectivity index (χ3n) is 10.2. The van der Waals surface area contributed by atoms with Gasteiger partial charge in [0.05, 0.1) is 16.7 Å². The predicted octanol–water partition coefficient (Wildman–Crippen LogP) is 13.1. The number of anilines is 3. The molecule has 0 spiro atoms. The van der Waals surface area contributed by atoms with Crippen molar-refractivity contribution in [2.75, 3.05) is 4.90 Å². The van der Waals surface area contributed by atoms with Crippen LogP contribution in [-0.2, 0) is 0 Å². The summed E-state index contributed by atoms with van der Waals surface area (Å²) in [5.41, 5.74) is 11.6. The summed E-state index contributed by atoms with van der Waals surface area (Å²) in [5, 5.41) is 2.29. The smallest absolute Gasteiger partial charge is 0.238 e. The Balaban J connectivity index is 1.16. The molecule has 0 fully saturated rings. The summed E-state index contributed by atoms with van der Waals surface area (Å²) >= 11 is 0. The third kappa shape index (κ3) is 6.07. The Labute approximate surface area is 325 Å². The zero-order valence-corrected chi connectivity index (χ0v) is 30.4. The summed E-state index contributed by atoms with van der Waals surface area (Å²) in [6.07, 6.45) is 0. The molecule has 2 heterocycles. The molecule has 2 aromatic heterocycles. The van der Waals surface area contributed by atoms with Crippen molar-refractivity contribution in [2.45, 2.75) is 0 Å². The highest BCUT2D eigenvalue weighted by molar-refractivity contribution is 6.10. The van der Waals surface area contributed by atoms with Gasteiger partial charge in [-0.3, -0.25) is 4.57 Å². The highest BCUT2D eigenvalue weighted by Crippen LogP contribution is 2.41. The van der Waals surface area contributed by atoms with Crippen LogP contribution in [0.4, 0.5) is 17.1 Å². The van der Waals surface area contributed by atoms with E-state index in [-0.39, 0.29) is 0 Å². The Bertz CT molecular complexity index is 2920. The number of nitrogens with zero attached hydrogens (tertiary/aromatic N) is 5. The fraction of sp³-hybridized carbons (Fsp3) is 0. The molecule has 0 N–H and O–H groups in total. The van der Waals surface area contributed by atoms with Gasteiger partial charge in [0.25, 0.3) is 0 Å². The molecule has 0 bridgehead atoms. The monoisotopic (exact) mass is 717 g/mol. The van der Waals surface area contributed by atoms with E-state index < -0.39 is 0 Å². The Hall–Kier alpha value is -7.63. The van der Waals surface area contributed by atoms with Gasteiger partial charge in [-0.05, 0) is 65.2 Å². The summed E-state index contributed by atoms with van der Waals surface area (Å²) in [5.74, 6) is 1.78. The maximum Gasteiger partial charge on any atom is 0.238 e. The lowest BCUT2D eigenvalue weighted by atomic mass is 9.99. The van der Waals surface area contributed by atoms with Crippen molar-refractivity contribution in [3.8, 4) is 51.0 Å². The first kappa shape index (κ1) is 33.0. The number of aromatic nitrogens is 4. The van der Waals surface area contributed by atoms with E-state index in [1.54, 1.807) is 0 Å². The molecule has 0 saturated carbocycles. The lowest BCUT2D eigenvalue weighted by Gasteiger charge is -2.27. The minimum Gasteiger partial charge on any atom is -0.310 e. The van der Waals surface area contributed by atoms with Gasteiger partial charge in [-0.1, -0.05) is 164 Å². The standard InChI is InChI=1S/C51H35N5/c1-5-18-36(19-6-1)38-32-33-45-44-29-14-16-31-47(44)56(48(45)35-38)51-53-49(37-20-7-2-8-21-37)52-50(54-51)40-23-17-22-39(34-40)43-28-13-15-30-46(43)55(41-24-9-3-10-25-41)42-26-11-4-12-27-42/h1-35H. The van der Waals surface area contributed by atoms with Crippen molar-refractivity contribution in [1.82, 2.24) is 19.5 Å². The van der Waals surface area contributed by atoms with Crippen LogP contribution in [0.3, 0.4) is 0 Å². The molecule has 0 aliphatic carbocycles. The first-order chi connectivity index (χ1) is 27.8. The van der Waals surface area contributed by atoms with Crippen LogP contribution >= 0.6 is 0 Å². The Morgan fingerprint density at radius 3 is 1.59 bits per heavy atom. The summed E-state index contributed by atoms with van der Waals surface area (Å²) in [6, 6.07) is 73.9. The van der Waals surface area contributed by atoms with Gasteiger partial charge in [0.1, 0.15) is 0 Å². The highest BCUT2D eigenvalue weighted by atomic mass is 15.2. The maximum absolute atomic E-state index is 5.29. The number of fused-ring (bicyclic) bond motifs is 3. The number of benzene rings is 8. The summed E-state index contributed by atoms with van der Waals surface area (Å²) < 4.78 is 2.19. The molecule has 10 aromatic rings. The first-order valence-electron chi connectivity index (χ1n) is 18.8. The molecule has 0 unspecified atom stereocenters. The molecule has 0 saturated heterocycles. The normalized spacial score (nSPS) is 11.2. The second-order valence-electron chi connectivity index (χ2n) is 13.7. The van der Waals surface area contributed by atoms with E-state index in [1.165, 1.54) is 0 Å². The van der Waals surface area contributed by atoms with E-state index in [0.29, 0.717) is 17.6 Å². The van der Waals surface area contributed by atoms with Crippen molar-refractivity contribution < 1.29 is 0 Å². The maximum atomic E-state index is 5.29. The van der Waals surface area contributed by atoms with Crippen LogP contribution < -0.4 is 4.90 Å². The predicted molar refractivity (Wildman–Crippen MR) is 231 cm³/mol. The molecule has 56 heavy (non-hydrogen) atoms. The third-order valence-corrected chi connectivity index (χ3v) is 10.2. The molecular formula is C51H35N5. The molecular weight excluding hydrogens is 683 g/mol. The quantitative estimate of drug-likeness (QED) is 0.157. The number of hydrogen-bond acceptors (Lipinski definition) is 4. The minimum atomic E-state index is 0.565.